The number of benzene rings is 1. The molecule has 1 aromatic carbocycles. The molecule has 1 aliphatic carbocycles. The lowest BCUT2D eigenvalue weighted by Crippen LogP contribution is -2.18. The van der Waals surface area contributed by atoms with E-state index in [2.05, 4.69) is 0 Å². The Hall–Kier alpha value is -1.02. The highest BCUT2D eigenvalue weighted by atomic mass is 16.3. The number of hydrogen-bond donors (Lipinski definition) is 2. The first kappa shape index (κ1) is 7.62. The minimum Gasteiger partial charge on any atom is -0.508 e. The average Bonchev–Trinajstić information content (AvgIpc) is 2.05. The summed E-state index contributed by atoms with van der Waals surface area (Å²) in [7, 11) is 0. The molecule has 1 aliphatic rings. The molecule has 2 nitrogen and oxygen atoms in total. The predicted octanol–water partition coefficient (Wildman–Crippen LogP) is 1.24. The summed E-state index contributed by atoms with van der Waals surface area (Å²) < 4.78 is 0. The molecule has 0 heterocycles. The molecule has 64 valence electrons. The van der Waals surface area contributed by atoms with Crippen LogP contribution < -0.4 is 0 Å². The molecule has 2 heteroatoms. The summed E-state index contributed by atoms with van der Waals surface area (Å²) in [6.07, 6.45) is 2.23. The van der Waals surface area contributed by atoms with Crippen molar-refractivity contribution in [3.63, 3.8) is 0 Å². The average molecular weight is 164 g/mol. The summed E-state index contributed by atoms with van der Waals surface area (Å²) in [5.41, 5.74) is 2.35. The molecule has 0 fully saturated rings. The van der Waals surface area contributed by atoms with Gasteiger partial charge in [-0.15, -0.1) is 0 Å². The molecule has 0 saturated heterocycles. The van der Waals surface area contributed by atoms with Crippen molar-refractivity contribution in [3.05, 3.63) is 29.3 Å². The Morgan fingerprint density at radius 1 is 1.25 bits per heavy atom. The molecule has 0 bridgehead atoms. The van der Waals surface area contributed by atoms with E-state index in [1.165, 1.54) is 11.1 Å². The first-order chi connectivity index (χ1) is 5.75. The zero-order valence-corrected chi connectivity index (χ0v) is 6.83. The van der Waals surface area contributed by atoms with Crippen LogP contribution in [0.1, 0.15) is 17.5 Å². The summed E-state index contributed by atoms with van der Waals surface area (Å²) >= 11 is 0. The van der Waals surface area contributed by atoms with Gasteiger partial charge in [-0.1, -0.05) is 6.07 Å². The van der Waals surface area contributed by atoms with Gasteiger partial charge >= 0.3 is 0 Å². The maximum atomic E-state index is 9.36. The number of aliphatic hydroxyl groups is 1. The van der Waals surface area contributed by atoms with E-state index in [9.17, 15) is 10.2 Å². The molecule has 1 unspecified atom stereocenters. The topological polar surface area (TPSA) is 40.5 Å². The minimum atomic E-state index is -0.193. The van der Waals surface area contributed by atoms with Crippen LogP contribution in [-0.4, -0.2) is 16.3 Å². The standard InChI is InChI=1S/C10H12O2/c11-9-3-1-7-5-10(12)4-2-8(7)6-9/h1,3,6,10-12H,2,4-5H2. The second kappa shape index (κ2) is 2.79. The van der Waals surface area contributed by atoms with Crippen LogP contribution in [0.5, 0.6) is 5.75 Å². The van der Waals surface area contributed by atoms with Gasteiger partial charge in [0.25, 0.3) is 0 Å². The molecule has 0 amide bonds. The van der Waals surface area contributed by atoms with Gasteiger partial charge in [-0.05, 0) is 42.5 Å². The van der Waals surface area contributed by atoms with Crippen molar-refractivity contribution >= 4 is 0 Å². The fraction of sp³-hybridized carbons (Fsp3) is 0.400. The summed E-state index contributed by atoms with van der Waals surface area (Å²) in [5.74, 6) is 0.324. The third-order valence-electron chi connectivity index (χ3n) is 2.39. The summed E-state index contributed by atoms with van der Waals surface area (Å²) in [6, 6.07) is 5.37. The van der Waals surface area contributed by atoms with Gasteiger partial charge in [0.15, 0.2) is 0 Å². The van der Waals surface area contributed by atoms with Gasteiger partial charge in [0, 0.05) is 0 Å². The van der Waals surface area contributed by atoms with E-state index in [0.29, 0.717) is 5.75 Å². The largest absolute Gasteiger partial charge is 0.508 e. The second-order valence-electron chi connectivity index (χ2n) is 3.35. The van der Waals surface area contributed by atoms with Gasteiger partial charge in [0.1, 0.15) is 5.75 Å². The molecule has 2 rings (SSSR count). The molecular formula is C10H12O2. The van der Waals surface area contributed by atoms with E-state index in [4.69, 9.17) is 0 Å². The first-order valence-electron chi connectivity index (χ1n) is 4.24. The van der Waals surface area contributed by atoms with E-state index in [1.54, 1.807) is 12.1 Å². The molecular weight excluding hydrogens is 152 g/mol. The maximum Gasteiger partial charge on any atom is 0.115 e. The van der Waals surface area contributed by atoms with Gasteiger partial charge < -0.3 is 10.2 Å². The fourth-order valence-corrected chi connectivity index (χ4v) is 1.72. The number of aliphatic hydroxyl groups excluding tert-OH is 1. The number of aromatic hydroxyl groups is 1. The number of phenols is 1. The van der Waals surface area contributed by atoms with E-state index in [0.717, 1.165) is 19.3 Å². The number of rotatable bonds is 0. The molecule has 0 aliphatic heterocycles. The molecule has 0 radical (unpaired) electrons. The Morgan fingerprint density at radius 3 is 2.92 bits per heavy atom. The van der Waals surface area contributed by atoms with Crippen molar-refractivity contribution in [2.75, 3.05) is 0 Å². The monoisotopic (exact) mass is 164 g/mol. The van der Waals surface area contributed by atoms with E-state index in [1.807, 2.05) is 6.07 Å². The highest BCUT2D eigenvalue weighted by Gasteiger charge is 2.15. The lowest BCUT2D eigenvalue weighted by atomic mass is 9.90. The summed E-state index contributed by atoms with van der Waals surface area (Å²) in [4.78, 5) is 0. The zero-order valence-electron chi connectivity index (χ0n) is 6.83. The van der Waals surface area contributed by atoms with Crippen molar-refractivity contribution < 1.29 is 10.2 Å². The maximum absolute atomic E-state index is 9.36. The van der Waals surface area contributed by atoms with Crippen LogP contribution in [0.4, 0.5) is 0 Å². The van der Waals surface area contributed by atoms with Gasteiger partial charge in [-0.2, -0.15) is 0 Å². The number of phenolic OH excluding ortho intramolecular Hbond substituents is 1. The molecule has 0 saturated carbocycles. The third kappa shape index (κ3) is 1.30. The van der Waals surface area contributed by atoms with Crippen molar-refractivity contribution in [2.45, 2.75) is 25.4 Å². The Balaban J connectivity index is 2.37. The first-order valence-corrected chi connectivity index (χ1v) is 4.24. The normalized spacial score (nSPS) is 21.9. The van der Waals surface area contributed by atoms with Gasteiger partial charge in [0.05, 0.1) is 6.10 Å². The van der Waals surface area contributed by atoms with Crippen molar-refractivity contribution in [1.29, 1.82) is 0 Å². The fourth-order valence-electron chi connectivity index (χ4n) is 1.72. The van der Waals surface area contributed by atoms with Crippen LogP contribution in [0.15, 0.2) is 18.2 Å². The molecule has 0 aromatic heterocycles. The van der Waals surface area contributed by atoms with Gasteiger partial charge in [-0.25, -0.2) is 0 Å². The van der Waals surface area contributed by atoms with Gasteiger partial charge in [-0.3, -0.25) is 0 Å². The van der Waals surface area contributed by atoms with Crippen molar-refractivity contribution in [1.82, 2.24) is 0 Å². The minimum absolute atomic E-state index is 0.193. The molecule has 0 spiro atoms. The predicted molar refractivity (Wildman–Crippen MR) is 46.1 cm³/mol. The quantitative estimate of drug-likeness (QED) is 0.605. The van der Waals surface area contributed by atoms with Crippen molar-refractivity contribution in [3.8, 4) is 5.75 Å². The highest BCUT2D eigenvalue weighted by molar-refractivity contribution is 5.36. The zero-order chi connectivity index (χ0) is 8.55. The molecule has 12 heavy (non-hydrogen) atoms. The smallest absolute Gasteiger partial charge is 0.115 e. The van der Waals surface area contributed by atoms with Crippen LogP contribution in [0, 0.1) is 0 Å². The van der Waals surface area contributed by atoms with Crippen LogP contribution >= 0.6 is 0 Å². The Bertz CT molecular complexity index is 294. The summed E-state index contributed by atoms with van der Waals surface area (Å²) in [6.45, 7) is 0. The Labute approximate surface area is 71.5 Å². The second-order valence-corrected chi connectivity index (χ2v) is 3.35. The lowest BCUT2D eigenvalue weighted by Gasteiger charge is -2.20. The van der Waals surface area contributed by atoms with Crippen LogP contribution in [-0.2, 0) is 12.8 Å². The molecule has 1 aromatic rings. The number of aryl methyl sites for hydroxylation is 1. The van der Waals surface area contributed by atoms with Crippen molar-refractivity contribution in [2.24, 2.45) is 0 Å². The lowest BCUT2D eigenvalue weighted by molar-refractivity contribution is 0.158. The number of fused-ring (bicyclic) bond motifs is 1. The highest BCUT2D eigenvalue weighted by Crippen LogP contribution is 2.24. The SMILES string of the molecule is Oc1ccc2c(c1)CCC(O)C2. The summed E-state index contributed by atoms with van der Waals surface area (Å²) in [5, 5.41) is 18.6. The van der Waals surface area contributed by atoms with Crippen LogP contribution in [0.2, 0.25) is 0 Å². The molecule has 1 atom stereocenters. The van der Waals surface area contributed by atoms with Gasteiger partial charge in [0.2, 0.25) is 0 Å². The van der Waals surface area contributed by atoms with E-state index < -0.39 is 0 Å². The van der Waals surface area contributed by atoms with Crippen LogP contribution in [0.25, 0.3) is 0 Å². The third-order valence-corrected chi connectivity index (χ3v) is 2.39. The van der Waals surface area contributed by atoms with Crippen LogP contribution in [0.3, 0.4) is 0 Å². The Morgan fingerprint density at radius 2 is 2.08 bits per heavy atom. The number of hydrogen-bond acceptors (Lipinski definition) is 2. The molecule has 2 N–H and O–H groups in total. The Kier molecular flexibility index (Phi) is 1.77. The van der Waals surface area contributed by atoms with E-state index in [-0.39, 0.29) is 6.10 Å². The van der Waals surface area contributed by atoms with E-state index >= 15 is 0 Å².